The number of hydrogen-bond acceptors (Lipinski definition) is 1. The van der Waals surface area contributed by atoms with E-state index in [1.807, 2.05) is 0 Å². The minimum atomic E-state index is 0.652. The average molecular weight is 155 g/mol. The van der Waals surface area contributed by atoms with Crippen LogP contribution in [0.5, 0.6) is 0 Å². The molecule has 1 aliphatic carbocycles. The van der Waals surface area contributed by atoms with Crippen LogP contribution in [-0.2, 0) is 0 Å². The molecule has 0 aromatic carbocycles. The second-order valence-electron chi connectivity index (χ2n) is 4.52. The molecule has 0 amide bonds. The quantitative estimate of drug-likeness (QED) is 0.658. The predicted molar refractivity (Wildman–Crippen MR) is 49.7 cm³/mol. The zero-order valence-corrected chi connectivity index (χ0v) is 8.11. The predicted octanol–water partition coefficient (Wildman–Crippen LogP) is 2.56. The Hall–Kier alpha value is -0.0400. The number of nitrogens with one attached hydrogen (secondary N) is 1. The van der Waals surface area contributed by atoms with E-state index in [4.69, 9.17) is 0 Å². The molecule has 0 atom stereocenters. The Bertz CT molecular complexity index is 114. The summed E-state index contributed by atoms with van der Waals surface area (Å²) >= 11 is 0. The highest BCUT2D eigenvalue weighted by molar-refractivity contribution is 4.83. The van der Waals surface area contributed by atoms with Crippen LogP contribution in [0.3, 0.4) is 0 Å². The third-order valence-electron chi connectivity index (χ3n) is 2.84. The van der Waals surface area contributed by atoms with E-state index in [-0.39, 0.29) is 0 Å². The fourth-order valence-electron chi connectivity index (χ4n) is 1.69. The molecule has 0 radical (unpaired) electrons. The molecule has 1 aliphatic rings. The van der Waals surface area contributed by atoms with Crippen LogP contribution in [0.1, 0.15) is 46.5 Å². The van der Waals surface area contributed by atoms with Crippen molar-refractivity contribution >= 4 is 0 Å². The van der Waals surface area contributed by atoms with Gasteiger partial charge in [0.1, 0.15) is 0 Å². The summed E-state index contributed by atoms with van der Waals surface area (Å²) in [6.45, 7) is 8.04. The molecule has 0 aliphatic heterocycles. The largest absolute Gasteiger partial charge is 0.315 e. The van der Waals surface area contributed by atoms with Gasteiger partial charge in [0.05, 0.1) is 0 Å². The van der Waals surface area contributed by atoms with Gasteiger partial charge in [-0.25, -0.2) is 0 Å². The highest BCUT2D eigenvalue weighted by Crippen LogP contribution is 2.42. The van der Waals surface area contributed by atoms with Crippen LogP contribution in [0.2, 0.25) is 0 Å². The lowest BCUT2D eigenvalue weighted by molar-refractivity contribution is 0.145. The van der Waals surface area contributed by atoms with Crippen LogP contribution in [-0.4, -0.2) is 12.6 Å². The number of rotatable bonds is 4. The first-order valence-electron chi connectivity index (χ1n) is 4.86. The summed E-state index contributed by atoms with van der Waals surface area (Å²) in [7, 11) is 0. The molecule has 1 heteroatoms. The summed E-state index contributed by atoms with van der Waals surface area (Å²) in [4.78, 5) is 0. The van der Waals surface area contributed by atoms with E-state index in [0.717, 1.165) is 0 Å². The van der Waals surface area contributed by atoms with Crippen molar-refractivity contribution in [2.75, 3.05) is 6.54 Å². The standard InChI is InChI=1S/C10H21N/c1-9(2)11-8-7-10(3)5-4-6-10/h9,11H,4-8H2,1-3H3. The van der Waals surface area contributed by atoms with Crippen molar-refractivity contribution < 1.29 is 0 Å². The monoisotopic (exact) mass is 155 g/mol. The molecular weight excluding hydrogens is 134 g/mol. The number of hydrogen-bond donors (Lipinski definition) is 1. The lowest BCUT2D eigenvalue weighted by Gasteiger charge is -2.38. The summed E-state index contributed by atoms with van der Waals surface area (Å²) in [5.74, 6) is 0. The van der Waals surface area contributed by atoms with E-state index in [0.29, 0.717) is 11.5 Å². The zero-order valence-electron chi connectivity index (χ0n) is 8.11. The Morgan fingerprint density at radius 3 is 2.36 bits per heavy atom. The first kappa shape index (κ1) is 9.05. The lowest BCUT2D eigenvalue weighted by Crippen LogP contribution is -2.32. The molecule has 0 spiro atoms. The van der Waals surface area contributed by atoms with Gasteiger partial charge in [-0.3, -0.25) is 0 Å². The highest BCUT2D eigenvalue weighted by Gasteiger charge is 2.30. The Labute approximate surface area is 70.6 Å². The van der Waals surface area contributed by atoms with Gasteiger partial charge in [0.15, 0.2) is 0 Å². The van der Waals surface area contributed by atoms with Crippen molar-refractivity contribution in [1.29, 1.82) is 0 Å². The molecule has 0 bridgehead atoms. The second kappa shape index (κ2) is 3.57. The first-order chi connectivity index (χ1) is 5.12. The molecule has 1 saturated carbocycles. The van der Waals surface area contributed by atoms with Gasteiger partial charge in [0.25, 0.3) is 0 Å². The summed E-state index contributed by atoms with van der Waals surface area (Å²) in [5.41, 5.74) is 0.696. The molecule has 66 valence electrons. The molecule has 1 fully saturated rings. The van der Waals surface area contributed by atoms with Crippen molar-refractivity contribution in [2.24, 2.45) is 5.41 Å². The molecule has 0 aromatic rings. The van der Waals surface area contributed by atoms with Crippen molar-refractivity contribution in [2.45, 2.75) is 52.5 Å². The molecule has 11 heavy (non-hydrogen) atoms. The molecular formula is C10H21N. The maximum Gasteiger partial charge on any atom is 0.00103 e. The molecule has 1 nitrogen and oxygen atoms in total. The zero-order chi connectivity index (χ0) is 8.32. The second-order valence-corrected chi connectivity index (χ2v) is 4.52. The van der Waals surface area contributed by atoms with Crippen molar-refractivity contribution in [1.82, 2.24) is 5.32 Å². The van der Waals surface area contributed by atoms with Gasteiger partial charge in [-0.1, -0.05) is 27.2 Å². The maximum absolute atomic E-state index is 3.47. The van der Waals surface area contributed by atoms with Crippen molar-refractivity contribution in [3.63, 3.8) is 0 Å². The Morgan fingerprint density at radius 1 is 1.36 bits per heavy atom. The van der Waals surface area contributed by atoms with Crippen LogP contribution in [0.4, 0.5) is 0 Å². The van der Waals surface area contributed by atoms with Gasteiger partial charge < -0.3 is 5.32 Å². The highest BCUT2D eigenvalue weighted by atomic mass is 14.9. The lowest BCUT2D eigenvalue weighted by atomic mass is 9.68. The van der Waals surface area contributed by atoms with Gasteiger partial charge in [-0.2, -0.15) is 0 Å². The van der Waals surface area contributed by atoms with Crippen LogP contribution >= 0.6 is 0 Å². The Balaban J connectivity index is 2.02. The van der Waals surface area contributed by atoms with Gasteiger partial charge >= 0.3 is 0 Å². The summed E-state index contributed by atoms with van der Waals surface area (Å²) in [6, 6.07) is 0.652. The van der Waals surface area contributed by atoms with Gasteiger partial charge in [-0.15, -0.1) is 0 Å². The van der Waals surface area contributed by atoms with Crippen LogP contribution < -0.4 is 5.32 Å². The molecule has 1 N–H and O–H groups in total. The van der Waals surface area contributed by atoms with Crippen LogP contribution in [0, 0.1) is 5.41 Å². The third-order valence-corrected chi connectivity index (χ3v) is 2.84. The minimum Gasteiger partial charge on any atom is -0.315 e. The maximum atomic E-state index is 3.47. The van der Waals surface area contributed by atoms with Crippen LogP contribution in [0.15, 0.2) is 0 Å². The molecule has 0 heterocycles. The van der Waals surface area contributed by atoms with E-state index >= 15 is 0 Å². The average Bonchev–Trinajstić information content (AvgIpc) is 1.83. The van der Waals surface area contributed by atoms with E-state index < -0.39 is 0 Å². The van der Waals surface area contributed by atoms with Gasteiger partial charge in [0.2, 0.25) is 0 Å². The van der Waals surface area contributed by atoms with Crippen molar-refractivity contribution in [3.05, 3.63) is 0 Å². The van der Waals surface area contributed by atoms with Crippen molar-refractivity contribution in [3.8, 4) is 0 Å². The summed E-state index contributed by atoms with van der Waals surface area (Å²) in [5, 5.41) is 3.47. The van der Waals surface area contributed by atoms with E-state index in [9.17, 15) is 0 Å². The molecule has 0 unspecified atom stereocenters. The first-order valence-corrected chi connectivity index (χ1v) is 4.86. The van der Waals surface area contributed by atoms with E-state index in [1.165, 1.54) is 32.2 Å². The fraction of sp³-hybridized carbons (Fsp3) is 1.00. The summed E-state index contributed by atoms with van der Waals surface area (Å²) in [6.07, 6.45) is 5.73. The van der Waals surface area contributed by atoms with E-state index in [2.05, 4.69) is 26.1 Å². The molecule has 0 saturated heterocycles. The normalized spacial score (nSPS) is 21.8. The minimum absolute atomic E-state index is 0.652. The SMILES string of the molecule is CC(C)NCCC1(C)CCC1. The van der Waals surface area contributed by atoms with Gasteiger partial charge in [0, 0.05) is 6.04 Å². The third kappa shape index (κ3) is 2.82. The van der Waals surface area contributed by atoms with Crippen LogP contribution in [0.25, 0.3) is 0 Å². The molecule has 1 rings (SSSR count). The Morgan fingerprint density at radius 2 is 2.00 bits per heavy atom. The topological polar surface area (TPSA) is 12.0 Å². The summed E-state index contributed by atoms with van der Waals surface area (Å²) < 4.78 is 0. The molecule has 0 aromatic heterocycles. The Kier molecular flexibility index (Phi) is 2.94. The van der Waals surface area contributed by atoms with E-state index in [1.54, 1.807) is 0 Å². The smallest absolute Gasteiger partial charge is 0.00103 e. The fourth-order valence-corrected chi connectivity index (χ4v) is 1.69. The van der Waals surface area contributed by atoms with Gasteiger partial charge in [-0.05, 0) is 31.2 Å².